The molecule has 6 nitrogen and oxygen atoms in total. The first-order valence-electron chi connectivity index (χ1n) is 8.96. The Morgan fingerprint density at radius 2 is 1.52 bits per heavy atom. The quantitative estimate of drug-likeness (QED) is 0.629. The first-order valence-corrected chi connectivity index (χ1v) is 8.96. The summed E-state index contributed by atoms with van der Waals surface area (Å²) in [6, 6.07) is 10.5. The van der Waals surface area contributed by atoms with Gasteiger partial charge in [-0.15, -0.1) is 0 Å². The molecule has 0 spiro atoms. The van der Waals surface area contributed by atoms with Crippen LogP contribution in [0.5, 0.6) is 0 Å². The summed E-state index contributed by atoms with van der Waals surface area (Å²) in [5.74, 6) is -0.545. The lowest BCUT2D eigenvalue weighted by Gasteiger charge is -2.15. The van der Waals surface area contributed by atoms with Gasteiger partial charge in [-0.1, -0.05) is 29.8 Å². The topological polar surface area (TPSA) is 78.5 Å². The van der Waals surface area contributed by atoms with Gasteiger partial charge in [0.2, 0.25) is 0 Å². The highest BCUT2D eigenvalue weighted by Crippen LogP contribution is 2.23. The predicted molar refractivity (Wildman–Crippen MR) is 104 cm³/mol. The maximum atomic E-state index is 12.3. The molecule has 2 aromatic rings. The third-order valence-electron chi connectivity index (χ3n) is 4.64. The summed E-state index contributed by atoms with van der Waals surface area (Å²) in [6.45, 7) is 6.57. The number of amides is 4. The molecule has 1 aliphatic heterocycles. The van der Waals surface area contributed by atoms with Crippen LogP contribution in [0.25, 0.3) is 0 Å². The van der Waals surface area contributed by atoms with Crippen LogP contribution in [0, 0.1) is 20.8 Å². The summed E-state index contributed by atoms with van der Waals surface area (Å²) in [6.07, 6.45) is 0.491. The average Bonchev–Trinajstić information content (AvgIpc) is 2.86. The van der Waals surface area contributed by atoms with E-state index in [2.05, 4.69) is 10.6 Å². The molecule has 0 atom stereocenters. The molecule has 0 unspecified atom stereocenters. The zero-order valence-electron chi connectivity index (χ0n) is 15.8. The fourth-order valence-electron chi connectivity index (χ4n) is 3.42. The predicted octanol–water partition coefficient (Wildman–Crippen LogP) is 3.42. The largest absolute Gasteiger partial charge is 0.338 e. The van der Waals surface area contributed by atoms with Crippen LogP contribution >= 0.6 is 0 Å². The van der Waals surface area contributed by atoms with Crippen molar-refractivity contribution in [1.82, 2.24) is 10.2 Å². The summed E-state index contributed by atoms with van der Waals surface area (Å²) in [7, 11) is 0. The molecule has 2 aromatic carbocycles. The first-order chi connectivity index (χ1) is 12.9. The van der Waals surface area contributed by atoms with Crippen molar-refractivity contribution < 1.29 is 14.4 Å². The summed E-state index contributed by atoms with van der Waals surface area (Å²) in [4.78, 5) is 37.9. The first kappa shape index (κ1) is 18.6. The number of carbonyl (C=O) groups is 3. The fraction of sp³-hybridized carbons (Fsp3) is 0.286. The van der Waals surface area contributed by atoms with Crippen molar-refractivity contribution in [3.05, 3.63) is 64.2 Å². The number of aryl methyl sites for hydroxylation is 3. The molecule has 2 N–H and O–H groups in total. The van der Waals surface area contributed by atoms with E-state index in [1.165, 1.54) is 4.90 Å². The molecule has 0 aliphatic carbocycles. The number of carbonyl (C=O) groups excluding carboxylic acids is 3. The molecule has 1 aliphatic rings. The van der Waals surface area contributed by atoms with Crippen molar-refractivity contribution in [1.29, 1.82) is 0 Å². The minimum atomic E-state index is -0.299. The van der Waals surface area contributed by atoms with Gasteiger partial charge >= 0.3 is 6.03 Å². The second kappa shape index (κ2) is 7.61. The standard InChI is InChI=1S/C21H23N3O3/c1-13-11-14(2)18(15(3)12-13)23-21(27)22-9-6-10-24-19(25)16-7-4-5-8-17(16)20(24)26/h4-5,7-8,11-12H,6,9-10H2,1-3H3,(H2,22,23,27). The molecule has 0 radical (unpaired) electrons. The van der Waals surface area contributed by atoms with Gasteiger partial charge in [-0.05, 0) is 50.5 Å². The van der Waals surface area contributed by atoms with Crippen LogP contribution in [0.15, 0.2) is 36.4 Å². The monoisotopic (exact) mass is 365 g/mol. The van der Waals surface area contributed by atoms with Crippen molar-refractivity contribution in [2.24, 2.45) is 0 Å². The number of nitrogens with one attached hydrogen (secondary N) is 2. The molecule has 0 fully saturated rings. The van der Waals surface area contributed by atoms with Gasteiger partial charge in [-0.2, -0.15) is 0 Å². The second-order valence-corrected chi connectivity index (χ2v) is 6.82. The van der Waals surface area contributed by atoms with E-state index >= 15 is 0 Å². The molecule has 4 amide bonds. The minimum absolute atomic E-state index is 0.272. The van der Waals surface area contributed by atoms with Crippen LogP contribution in [0.3, 0.4) is 0 Å². The lowest BCUT2D eigenvalue weighted by molar-refractivity contribution is 0.0653. The van der Waals surface area contributed by atoms with Gasteiger partial charge < -0.3 is 10.6 Å². The Bertz CT molecular complexity index is 863. The molecule has 0 bridgehead atoms. The van der Waals surface area contributed by atoms with Gasteiger partial charge in [0, 0.05) is 18.8 Å². The van der Waals surface area contributed by atoms with Crippen molar-refractivity contribution >= 4 is 23.5 Å². The zero-order chi connectivity index (χ0) is 19.6. The summed E-state index contributed by atoms with van der Waals surface area (Å²) in [5.41, 5.74) is 4.86. The highest BCUT2D eigenvalue weighted by molar-refractivity contribution is 6.21. The van der Waals surface area contributed by atoms with Gasteiger partial charge in [0.15, 0.2) is 0 Å². The van der Waals surface area contributed by atoms with Crippen LogP contribution in [-0.4, -0.2) is 35.8 Å². The molecule has 3 rings (SSSR count). The van der Waals surface area contributed by atoms with Crippen LogP contribution < -0.4 is 10.6 Å². The van der Waals surface area contributed by atoms with Gasteiger partial charge in [-0.25, -0.2) is 4.79 Å². The number of hydrogen-bond donors (Lipinski definition) is 2. The molecule has 0 aromatic heterocycles. The van der Waals surface area contributed by atoms with Crippen LogP contribution in [0.4, 0.5) is 10.5 Å². The number of fused-ring (bicyclic) bond motifs is 1. The highest BCUT2D eigenvalue weighted by Gasteiger charge is 2.34. The fourth-order valence-corrected chi connectivity index (χ4v) is 3.42. The zero-order valence-corrected chi connectivity index (χ0v) is 15.8. The Morgan fingerprint density at radius 1 is 0.963 bits per heavy atom. The van der Waals surface area contributed by atoms with Crippen molar-refractivity contribution in [3.8, 4) is 0 Å². The van der Waals surface area contributed by atoms with E-state index in [1.807, 2.05) is 32.9 Å². The maximum absolute atomic E-state index is 12.3. The maximum Gasteiger partial charge on any atom is 0.319 e. The molecular formula is C21H23N3O3. The van der Waals surface area contributed by atoms with Crippen molar-refractivity contribution in [2.75, 3.05) is 18.4 Å². The lowest BCUT2D eigenvalue weighted by Crippen LogP contribution is -2.35. The number of imide groups is 1. The normalized spacial score (nSPS) is 12.9. The van der Waals surface area contributed by atoms with E-state index in [0.717, 1.165) is 22.4 Å². The van der Waals surface area contributed by atoms with Crippen molar-refractivity contribution in [3.63, 3.8) is 0 Å². The number of benzene rings is 2. The van der Waals surface area contributed by atoms with Gasteiger partial charge in [0.1, 0.15) is 0 Å². The van der Waals surface area contributed by atoms with Crippen LogP contribution in [0.1, 0.15) is 43.8 Å². The highest BCUT2D eigenvalue weighted by atomic mass is 16.2. The minimum Gasteiger partial charge on any atom is -0.338 e. The van der Waals surface area contributed by atoms with Gasteiger partial charge in [0.25, 0.3) is 11.8 Å². The van der Waals surface area contributed by atoms with E-state index in [4.69, 9.17) is 0 Å². The summed E-state index contributed by atoms with van der Waals surface area (Å²) in [5, 5.41) is 5.64. The molecule has 0 saturated carbocycles. The Morgan fingerprint density at radius 3 is 2.07 bits per heavy atom. The van der Waals surface area contributed by atoms with E-state index in [1.54, 1.807) is 24.3 Å². The van der Waals surface area contributed by atoms with Gasteiger partial charge in [0.05, 0.1) is 11.1 Å². The van der Waals surface area contributed by atoms with E-state index in [9.17, 15) is 14.4 Å². The van der Waals surface area contributed by atoms with Crippen LogP contribution in [0.2, 0.25) is 0 Å². The third-order valence-corrected chi connectivity index (χ3v) is 4.64. The summed E-state index contributed by atoms with van der Waals surface area (Å²) >= 11 is 0. The Balaban J connectivity index is 1.49. The third kappa shape index (κ3) is 3.84. The average molecular weight is 365 g/mol. The number of nitrogens with zero attached hydrogens (tertiary/aromatic N) is 1. The SMILES string of the molecule is Cc1cc(C)c(NC(=O)NCCCN2C(=O)c3ccccc3C2=O)c(C)c1. The molecular weight excluding hydrogens is 342 g/mol. The van der Waals surface area contributed by atoms with Crippen molar-refractivity contribution in [2.45, 2.75) is 27.2 Å². The Labute approximate surface area is 158 Å². The number of urea groups is 1. The second-order valence-electron chi connectivity index (χ2n) is 6.82. The van der Waals surface area contributed by atoms with E-state index in [-0.39, 0.29) is 24.4 Å². The molecule has 6 heteroatoms. The number of hydrogen-bond acceptors (Lipinski definition) is 3. The van der Waals surface area contributed by atoms with Gasteiger partial charge in [-0.3, -0.25) is 14.5 Å². The summed E-state index contributed by atoms with van der Waals surface area (Å²) < 4.78 is 0. The lowest BCUT2D eigenvalue weighted by atomic mass is 10.1. The number of anilines is 1. The molecule has 0 saturated heterocycles. The van der Waals surface area contributed by atoms with E-state index in [0.29, 0.717) is 24.1 Å². The molecule has 1 heterocycles. The van der Waals surface area contributed by atoms with Crippen LogP contribution in [-0.2, 0) is 0 Å². The smallest absolute Gasteiger partial charge is 0.319 e. The number of rotatable bonds is 5. The Hall–Kier alpha value is -3.15. The van der Waals surface area contributed by atoms with E-state index < -0.39 is 0 Å². The molecule has 27 heavy (non-hydrogen) atoms. The Kier molecular flexibility index (Phi) is 5.26. The molecule has 140 valence electrons.